The minimum atomic E-state index is -0.220. The fourth-order valence-corrected chi connectivity index (χ4v) is 3.65. The number of pyridine rings is 1. The maximum atomic E-state index is 13.2. The Morgan fingerprint density at radius 1 is 1.15 bits per heavy atom. The Hall–Kier alpha value is -2.53. The van der Waals surface area contributed by atoms with Crippen molar-refractivity contribution in [1.82, 2.24) is 19.4 Å². The monoisotopic (exact) mass is 350 g/mol. The second-order valence-electron chi connectivity index (χ2n) is 6.98. The van der Waals surface area contributed by atoms with Gasteiger partial charge in [0.2, 0.25) is 0 Å². The van der Waals surface area contributed by atoms with Crippen LogP contribution in [0.25, 0.3) is 11.3 Å². The number of hydrogen-bond donors (Lipinski definition) is 0. The van der Waals surface area contributed by atoms with Gasteiger partial charge in [0.15, 0.2) is 0 Å². The van der Waals surface area contributed by atoms with E-state index >= 15 is 0 Å². The predicted octanol–water partition coefficient (Wildman–Crippen LogP) is 4.00. The van der Waals surface area contributed by atoms with Crippen molar-refractivity contribution in [1.29, 1.82) is 0 Å². The van der Waals surface area contributed by atoms with Gasteiger partial charge in [-0.2, -0.15) is 0 Å². The number of halogens is 1. The first kappa shape index (κ1) is 16.9. The SMILES string of the molecule is Cn1ccnc1CN1CCCC(c2cccc(-c3ccc(F)cc3)n2)C1. The molecule has 1 unspecified atom stereocenters. The van der Waals surface area contributed by atoms with Gasteiger partial charge in [0, 0.05) is 43.2 Å². The molecular formula is C21H23FN4. The number of hydrogen-bond acceptors (Lipinski definition) is 3. The van der Waals surface area contributed by atoms with Gasteiger partial charge < -0.3 is 4.57 Å². The summed E-state index contributed by atoms with van der Waals surface area (Å²) in [6, 6.07) is 12.7. The first-order chi connectivity index (χ1) is 12.7. The molecule has 0 N–H and O–H groups in total. The molecule has 4 rings (SSSR count). The van der Waals surface area contributed by atoms with Gasteiger partial charge in [-0.15, -0.1) is 0 Å². The highest BCUT2D eigenvalue weighted by Crippen LogP contribution is 2.28. The predicted molar refractivity (Wildman–Crippen MR) is 100 cm³/mol. The van der Waals surface area contributed by atoms with Crippen LogP contribution in [0.3, 0.4) is 0 Å². The summed E-state index contributed by atoms with van der Waals surface area (Å²) < 4.78 is 15.2. The number of imidazole rings is 1. The smallest absolute Gasteiger partial charge is 0.123 e. The number of benzene rings is 1. The van der Waals surface area contributed by atoms with Gasteiger partial charge in [0.25, 0.3) is 0 Å². The second kappa shape index (κ2) is 7.38. The molecule has 3 aromatic rings. The zero-order valence-corrected chi connectivity index (χ0v) is 15.0. The van der Waals surface area contributed by atoms with Gasteiger partial charge in [-0.05, 0) is 55.8 Å². The number of nitrogens with zero attached hydrogens (tertiary/aromatic N) is 4. The van der Waals surface area contributed by atoms with Gasteiger partial charge in [0.05, 0.1) is 12.2 Å². The Balaban J connectivity index is 1.51. The molecule has 0 spiro atoms. The fourth-order valence-electron chi connectivity index (χ4n) is 3.65. The number of piperidine rings is 1. The Kier molecular flexibility index (Phi) is 4.80. The number of aryl methyl sites for hydroxylation is 1. The van der Waals surface area contributed by atoms with Crippen molar-refractivity contribution in [3.8, 4) is 11.3 Å². The summed E-state index contributed by atoms with van der Waals surface area (Å²) in [4.78, 5) is 11.8. The van der Waals surface area contributed by atoms with E-state index in [1.807, 2.05) is 25.5 Å². The standard InChI is InChI=1S/C21H23FN4/c1-25-13-11-23-21(25)15-26-12-3-4-17(14-26)20-6-2-5-19(24-20)16-7-9-18(22)10-8-16/h2,5-11,13,17H,3-4,12,14-15H2,1H3. The number of rotatable bonds is 4. The van der Waals surface area contributed by atoms with Crippen molar-refractivity contribution in [2.75, 3.05) is 13.1 Å². The first-order valence-corrected chi connectivity index (χ1v) is 9.10. The molecule has 1 aliphatic rings. The molecule has 0 amide bonds. The van der Waals surface area contributed by atoms with E-state index in [2.05, 4.69) is 26.6 Å². The molecule has 0 bridgehead atoms. The van der Waals surface area contributed by atoms with Crippen molar-refractivity contribution in [2.45, 2.75) is 25.3 Å². The van der Waals surface area contributed by atoms with E-state index in [0.717, 1.165) is 55.3 Å². The normalized spacial score (nSPS) is 18.2. The molecule has 26 heavy (non-hydrogen) atoms. The maximum absolute atomic E-state index is 13.2. The lowest BCUT2D eigenvalue weighted by Crippen LogP contribution is -2.34. The molecule has 3 heterocycles. The van der Waals surface area contributed by atoms with Crippen LogP contribution in [0.1, 0.15) is 30.3 Å². The maximum Gasteiger partial charge on any atom is 0.123 e. The lowest BCUT2D eigenvalue weighted by atomic mass is 9.94. The Morgan fingerprint density at radius 2 is 2.00 bits per heavy atom. The molecular weight excluding hydrogens is 327 g/mol. The van der Waals surface area contributed by atoms with Crippen molar-refractivity contribution >= 4 is 0 Å². The topological polar surface area (TPSA) is 34.0 Å². The summed E-state index contributed by atoms with van der Waals surface area (Å²) in [7, 11) is 2.04. The van der Waals surface area contributed by atoms with Crippen LogP contribution in [0.4, 0.5) is 4.39 Å². The lowest BCUT2D eigenvalue weighted by Gasteiger charge is -2.32. The average molecular weight is 350 g/mol. The van der Waals surface area contributed by atoms with E-state index in [1.165, 1.54) is 12.1 Å². The average Bonchev–Trinajstić information content (AvgIpc) is 3.07. The third-order valence-electron chi connectivity index (χ3n) is 5.12. The minimum absolute atomic E-state index is 0.220. The summed E-state index contributed by atoms with van der Waals surface area (Å²) in [5, 5.41) is 0. The van der Waals surface area contributed by atoms with Crippen LogP contribution in [0.15, 0.2) is 54.9 Å². The van der Waals surface area contributed by atoms with Crippen molar-refractivity contribution in [3.63, 3.8) is 0 Å². The van der Waals surface area contributed by atoms with Crippen molar-refractivity contribution < 1.29 is 4.39 Å². The lowest BCUT2D eigenvalue weighted by molar-refractivity contribution is 0.192. The van der Waals surface area contributed by atoms with Crippen LogP contribution < -0.4 is 0 Å². The molecule has 1 saturated heterocycles. The number of aromatic nitrogens is 3. The third-order valence-corrected chi connectivity index (χ3v) is 5.12. The molecule has 5 heteroatoms. The second-order valence-corrected chi connectivity index (χ2v) is 6.98. The van der Waals surface area contributed by atoms with Gasteiger partial charge in [-0.1, -0.05) is 6.07 Å². The molecule has 1 atom stereocenters. The van der Waals surface area contributed by atoms with Gasteiger partial charge >= 0.3 is 0 Å². The van der Waals surface area contributed by atoms with Gasteiger partial charge in [0.1, 0.15) is 11.6 Å². The van der Waals surface area contributed by atoms with Gasteiger partial charge in [-0.3, -0.25) is 9.88 Å². The summed E-state index contributed by atoms with van der Waals surface area (Å²) in [6.07, 6.45) is 6.16. The minimum Gasteiger partial charge on any atom is -0.337 e. The molecule has 0 aliphatic carbocycles. The van der Waals surface area contributed by atoms with Crippen LogP contribution in [0, 0.1) is 5.82 Å². The third kappa shape index (κ3) is 3.68. The van der Waals surface area contributed by atoms with Crippen molar-refractivity contribution in [3.05, 3.63) is 72.2 Å². The summed E-state index contributed by atoms with van der Waals surface area (Å²) in [5.74, 6) is 1.30. The fraction of sp³-hybridized carbons (Fsp3) is 0.333. The zero-order chi connectivity index (χ0) is 17.9. The van der Waals surface area contributed by atoms with Crippen LogP contribution in [0.2, 0.25) is 0 Å². The van der Waals surface area contributed by atoms with E-state index < -0.39 is 0 Å². The molecule has 0 radical (unpaired) electrons. The van der Waals surface area contributed by atoms with E-state index in [9.17, 15) is 4.39 Å². The Bertz CT molecular complexity index is 872. The van der Waals surface area contributed by atoms with Crippen LogP contribution in [0.5, 0.6) is 0 Å². The van der Waals surface area contributed by atoms with E-state index in [1.54, 1.807) is 12.1 Å². The molecule has 2 aromatic heterocycles. The van der Waals surface area contributed by atoms with Crippen LogP contribution in [-0.4, -0.2) is 32.5 Å². The van der Waals surface area contributed by atoms with Crippen molar-refractivity contribution in [2.24, 2.45) is 7.05 Å². The molecule has 1 fully saturated rings. The summed E-state index contributed by atoms with van der Waals surface area (Å²) in [5.41, 5.74) is 2.98. The Labute approximate surface area is 153 Å². The highest BCUT2D eigenvalue weighted by atomic mass is 19.1. The van der Waals surface area contributed by atoms with Gasteiger partial charge in [-0.25, -0.2) is 9.37 Å². The first-order valence-electron chi connectivity index (χ1n) is 9.10. The molecule has 1 aromatic carbocycles. The van der Waals surface area contributed by atoms with E-state index in [0.29, 0.717) is 5.92 Å². The molecule has 0 saturated carbocycles. The molecule has 134 valence electrons. The molecule has 4 nitrogen and oxygen atoms in total. The largest absolute Gasteiger partial charge is 0.337 e. The van der Waals surface area contributed by atoms with E-state index in [-0.39, 0.29) is 5.82 Å². The highest BCUT2D eigenvalue weighted by Gasteiger charge is 2.23. The summed E-state index contributed by atoms with van der Waals surface area (Å²) in [6.45, 7) is 2.96. The van der Waals surface area contributed by atoms with Crippen LogP contribution in [-0.2, 0) is 13.6 Å². The Morgan fingerprint density at radius 3 is 2.77 bits per heavy atom. The van der Waals surface area contributed by atoms with Crippen LogP contribution >= 0.6 is 0 Å². The highest BCUT2D eigenvalue weighted by molar-refractivity contribution is 5.59. The number of likely N-dealkylation sites (tertiary alicyclic amines) is 1. The zero-order valence-electron chi connectivity index (χ0n) is 15.0. The molecule has 1 aliphatic heterocycles. The van der Waals surface area contributed by atoms with E-state index in [4.69, 9.17) is 4.98 Å². The quantitative estimate of drug-likeness (QED) is 0.713. The summed E-state index contributed by atoms with van der Waals surface area (Å²) >= 11 is 0.